The summed E-state index contributed by atoms with van der Waals surface area (Å²) >= 11 is 0. The fourth-order valence-corrected chi connectivity index (χ4v) is 10.5. The predicted molar refractivity (Wildman–Crippen MR) is 348 cm³/mol. The van der Waals surface area contributed by atoms with Gasteiger partial charge in [0.2, 0.25) is 0 Å². The molecule has 0 radical (unpaired) electrons. The van der Waals surface area contributed by atoms with Crippen molar-refractivity contribution in [3.05, 3.63) is 60.8 Å². The van der Waals surface area contributed by atoms with E-state index in [4.69, 9.17) is 14.2 Å². The maximum Gasteiger partial charge on any atom is 0.306 e. The number of hydrogen-bond donors (Lipinski definition) is 0. The zero-order valence-electron chi connectivity index (χ0n) is 53.6. The SMILES string of the molecule is CC/C=C\C/C=C\C/C=C\CCCCCCCC(=O)OC(COC(=O)CCCCCCC/C=C\C/C=C\CCCC)COC(=O)CCCCCCCCCCCCCCCCCCCCCCCCCCCCCCCCCCC. The number of carbonyl (C=O) groups excluding carboxylic acids is 3. The molecule has 0 aromatic carbocycles. The van der Waals surface area contributed by atoms with Crippen LogP contribution in [0.1, 0.15) is 374 Å². The molecule has 0 bridgehead atoms. The third kappa shape index (κ3) is 65.9. The van der Waals surface area contributed by atoms with Crippen molar-refractivity contribution in [3.8, 4) is 0 Å². The van der Waals surface area contributed by atoms with E-state index < -0.39 is 6.10 Å². The van der Waals surface area contributed by atoms with Gasteiger partial charge in [0, 0.05) is 19.3 Å². The van der Waals surface area contributed by atoms with Gasteiger partial charge in [0.25, 0.3) is 0 Å². The minimum Gasteiger partial charge on any atom is -0.462 e. The molecule has 0 fully saturated rings. The Morgan fingerprint density at radius 2 is 0.500 bits per heavy atom. The summed E-state index contributed by atoms with van der Waals surface area (Å²) in [5.41, 5.74) is 0. The lowest BCUT2D eigenvalue weighted by molar-refractivity contribution is -0.167. The Kier molecular flexibility index (Phi) is 66.1. The molecular formula is C74H134O6. The smallest absolute Gasteiger partial charge is 0.306 e. The maximum atomic E-state index is 12.9. The van der Waals surface area contributed by atoms with Gasteiger partial charge >= 0.3 is 17.9 Å². The molecule has 0 aliphatic rings. The van der Waals surface area contributed by atoms with Crippen molar-refractivity contribution in [2.75, 3.05) is 13.2 Å². The minimum atomic E-state index is -0.789. The number of ether oxygens (including phenoxy) is 3. The monoisotopic (exact) mass is 1120 g/mol. The molecule has 6 heteroatoms. The third-order valence-corrected chi connectivity index (χ3v) is 15.8. The number of unbranched alkanes of at least 4 members (excludes halogenated alkanes) is 44. The van der Waals surface area contributed by atoms with Crippen molar-refractivity contribution >= 4 is 17.9 Å². The second-order valence-electron chi connectivity index (χ2n) is 23.8. The Bertz CT molecular complexity index is 1430. The van der Waals surface area contributed by atoms with E-state index in [9.17, 15) is 14.4 Å². The molecule has 0 amide bonds. The minimum absolute atomic E-state index is 0.0830. The Morgan fingerprint density at radius 1 is 0.263 bits per heavy atom. The van der Waals surface area contributed by atoms with Crippen LogP contribution in [0, 0.1) is 0 Å². The number of carbonyl (C=O) groups is 3. The van der Waals surface area contributed by atoms with Crippen LogP contribution in [0.3, 0.4) is 0 Å². The van der Waals surface area contributed by atoms with Crippen molar-refractivity contribution in [2.45, 2.75) is 380 Å². The van der Waals surface area contributed by atoms with E-state index in [1.807, 2.05) is 0 Å². The Hall–Kier alpha value is -2.89. The molecule has 466 valence electrons. The van der Waals surface area contributed by atoms with Crippen LogP contribution >= 0.6 is 0 Å². The lowest BCUT2D eigenvalue weighted by atomic mass is 10.0. The van der Waals surface area contributed by atoms with Crippen LogP contribution in [0.5, 0.6) is 0 Å². The van der Waals surface area contributed by atoms with Crippen molar-refractivity contribution in [1.82, 2.24) is 0 Å². The summed E-state index contributed by atoms with van der Waals surface area (Å²) in [6.45, 7) is 6.51. The number of allylic oxidation sites excluding steroid dienone is 10. The lowest BCUT2D eigenvalue weighted by Crippen LogP contribution is -2.30. The highest BCUT2D eigenvalue weighted by molar-refractivity contribution is 5.71. The fourth-order valence-electron chi connectivity index (χ4n) is 10.5. The highest BCUT2D eigenvalue weighted by atomic mass is 16.6. The van der Waals surface area contributed by atoms with E-state index in [1.54, 1.807) is 0 Å². The van der Waals surface area contributed by atoms with Gasteiger partial charge in [-0.25, -0.2) is 0 Å². The zero-order valence-corrected chi connectivity index (χ0v) is 53.6. The zero-order chi connectivity index (χ0) is 57.8. The number of esters is 3. The summed E-state index contributed by atoms with van der Waals surface area (Å²) in [5, 5.41) is 0. The molecule has 6 nitrogen and oxygen atoms in total. The normalized spacial score (nSPS) is 12.4. The highest BCUT2D eigenvalue weighted by Gasteiger charge is 2.19. The molecule has 0 aliphatic carbocycles. The van der Waals surface area contributed by atoms with Gasteiger partial charge < -0.3 is 14.2 Å². The summed E-state index contributed by atoms with van der Waals surface area (Å²) in [4.78, 5) is 38.3. The van der Waals surface area contributed by atoms with Gasteiger partial charge in [0.1, 0.15) is 13.2 Å². The number of hydrogen-bond acceptors (Lipinski definition) is 6. The summed E-state index contributed by atoms with van der Waals surface area (Å²) in [6, 6.07) is 0. The van der Waals surface area contributed by atoms with Gasteiger partial charge in [-0.1, -0.05) is 338 Å². The second kappa shape index (κ2) is 68.6. The third-order valence-electron chi connectivity index (χ3n) is 15.8. The van der Waals surface area contributed by atoms with E-state index in [2.05, 4.69) is 81.5 Å². The highest BCUT2D eigenvalue weighted by Crippen LogP contribution is 2.19. The van der Waals surface area contributed by atoms with Crippen molar-refractivity contribution in [1.29, 1.82) is 0 Å². The molecule has 0 saturated heterocycles. The molecule has 80 heavy (non-hydrogen) atoms. The Balaban J connectivity index is 4.11. The average molecular weight is 1120 g/mol. The summed E-state index contributed by atoms with van der Waals surface area (Å²) in [7, 11) is 0. The molecule has 0 aromatic heterocycles. The molecular weight excluding hydrogens is 985 g/mol. The molecule has 0 saturated carbocycles. The molecule has 0 N–H and O–H groups in total. The largest absolute Gasteiger partial charge is 0.462 e. The van der Waals surface area contributed by atoms with Crippen molar-refractivity contribution in [2.24, 2.45) is 0 Å². The molecule has 0 aliphatic heterocycles. The van der Waals surface area contributed by atoms with E-state index in [-0.39, 0.29) is 31.1 Å². The first-order chi connectivity index (χ1) is 39.5. The first-order valence-corrected chi connectivity index (χ1v) is 35.3. The van der Waals surface area contributed by atoms with Crippen LogP contribution in [0.4, 0.5) is 0 Å². The second-order valence-corrected chi connectivity index (χ2v) is 23.8. The molecule has 0 aromatic rings. The van der Waals surface area contributed by atoms with E-state index in [0.29, 0.717) is 19.3 Å². The molecule has 1 atom stereocenters. The van der Waals surface area contributed by atoms with Gasteiger partial charge in [0.15, 0.2) is 6.10 Å². The van der Waals surface area contributed by atoms with Crippen LogP contribution in [0.25, 0.3) is 0 Å². The molecule has 0 rings (SSSR count). The summed E-state index contributed by atoms with van der Waals surface area (Å²) in [5.74, 6) is -0.896. The van der Waals surface area contributed by atoms with Crippen molar-refractivity contribution < 1.29 is 28.6 Å². The summed E-state index contributed by atoms with van der Waals surface area (Å²) < 4.78 is 16.9. The quantitative estimate of drug-likeness (QED) is 0.0261. The average Bonchev–Trinajstić information content (AvgIpc) is 3.46. The van der Waals surface area contributed by atoms with Crippen molar-refractivity contribution in [3.63, 3.8) is 0 Å². The standard InChI is InChI=1S/C74H134O6/c1-4-7-10-13-16-19-22-25-28-29-30-31-32-33-34-35-36-37-38-39-40-41-42-43-44-45-47-49-52-55-58-61-64-67-73(76)79-70-71(69-78-72(75)66-63-60-57-54-51-48-27-24-21-18-15-12-9-6-3)80-74(77)68-65-62-59-56-53-50-46-26-23-20-17-14-11-8-5-2/h8,11,15,17-18,20,24,26-27,46,71H,4-7,9-10,12-14,16,19,21-23,25,28-45,47-70H2,1-3H3/b11-8-,18-15-,20-17-,27-24-,46-26-. The fraction of sp³-hybridized carbons (Fsp3) is 0.824. The van der Waals surface area contributed by atoms with Gasteiger partial charge in [0.05, 0.1) is 0 Å². The summed E-state index contributed by atoms with van der Waals surface area (Å²) in [6.07, 6.45) is 88.5. The first-order valence-electron chi connectivity index (χ1n) is 35.3. The topological polar surface area (TPSA) is 78.9 Å². The van der Waals surface area contributed by atoms with Gasteiger partial charge in [-0.15, -0.1) is 0 Å². The van der Waals surface area contributed by atoms with Crippen LogP contribution in [0.2, 0.25) is 0 Å². The number of rotatable bonds is 65. The first kappa shape index (κ1) is 77.1. The van der Waals surface area contributed by atoms with Crippen LogP contribution in [-0.4, -0.2) is 37.2 Å². The Labute approximate surface area is 498 Å². The predicted octanol–water partition coefficient (Wildman–Crippen LogP) is 24.3. The van der Waals surface area contributed by atoms with Crippen LogP contribution in [0.15, 0.2) is 60.8 Å². The van der Waals surface area contributed by atoms with Gasteiger partial charge in [-0.2, -0.15) is 0 Å². The lowest BCUT2D eigenvalue weighted by Gasteiger charge is -2.18. The molecule has 0 heterocycles. The van der Waals surface area contributed by atoms with E-state index >= 15 is 0 Å². The van der Waals surface area contributed by atoms with Gasteiger partial charge in [-0.3, -0.25) is 14.4 Å². The maximum absolute atomic E-state index is 12.9. The van der Waals surface area contributed by atoms with Crippen LogP contribution in [-0.2, 0) is 28.6 Å². The van der Waals surface area contributed by atoms with E-state index in [1.165, 1.54) is 218 Å². The Morgan fingerprint density at radius 3 is 0.800 bits per heavy atom. The van der Waals surface area contributed by atoms with E-state index in [0.717, 1.165) is 116 Å². The molecule has 0 spiro atoms. The van der Waals surface area contributed by atoms with Crippen LogP contribution < -0.4 is 0 Å². The molecule has 1 unspecified atom stereocenters. The van der Waals surface area contributed by atoms with Gasteiger partial charge in [-0.05, 0) is 77.0 Å².